The van der Waals surface area contributed by atoms with Crippen molar-refractivity contribution in [3.8, 4) is 0 Å². The molecule has 1 N–H and O–H groups in total. The monoisotopic (exact) mass is 382 g/mol. The van der Waals surface area contributed by atoms with Crippen molar-refractivity contribution in [3.05, 3.63) is 65.0 Å². The molecule has 3 rings (SSSR count). The number of halogens is 1. The van der Waals surface area contributed by atoms with Gasteiger partial charge in [-0.25, -0.2) is 4.39 Å². The van der Waals surface area contributed by atoms with Crippen LogP contribution in [0.5, 0.6) is 0 Å². The number of likely N-dealkylation sites (tertiary alicyclic amines) is 1. The molecular weight excluding hydrogens is 351 g/mol. The molecule has 1 aliphatic heterocycles. The Morgan fingerprint density at radius 1 is 1.18 bits per heavy atom. The summed E-state index contributed by atoms with van der Waals surface area (Å²) in [6.07, 6.45) is 3.01. The van der Waals surface area contributed by atoms with E-state index in [4.69, 9.17) is 0 Å². The smallest absolute Gasteiger partial charge is 0.238 e. The predicted octanol–water partition coefficient (Wildman–Crippen LogP) is 5.15. The Hall–Kier alpha value is -2.20. The number of para-hydroxylation sites is 1. The molecule has 0 spiro atoms. The Kier molecular flexibility index (Phi) is 6.84. The molecule has 1 amide bonds. The van der Waals surface area contributed by atoms with Gasteiger partial charge < -0.3 is 5.32 Å². The fourth-order valence-electron chi connectivity index (χ4n) is 4.07. The molecule has 1 heterocycles. The van der Waals surface area contributed by atoms with Crippen LogP contribution in [0.2, 0.25) is 0 Å². The molecule has 4 heteroatoms. The number of nitrogens with zero attached hydrogens (tertiary/aromatic N) is 1. The van der Waals surface area contributed by atoms with Crippen LogP contribution in [0.25, 0.3) is 0 Å². The van der Waals surface area contributed by atoms with Crippen LogP contribution in [-0.4, -0.2) is 30.4 Å². The summed E-state index contributed by atoms with van der Waals surface area (Å²) in [6.45, 7) is 8.59. The van der Waals surface area contributed by atoms with E-state index < -0.39 is 0 Å². The van der Waals surface area contributed by atoms with E-state index >= 15 is 0 Å². The van der Waals surface area contributed by atoms with E-state index in [9.17, 15) is 9.18 Å². The highest BCUT2D eigenvalue weighted by molar-refractivity contribution is 5.93. The van der Waals surface area contributed by atoms with E-state index in [1.807, 2.05) is 25.1 Å². The molecule has 0 unspecified atom stereocenters. The molecule has 0 radical (unpaired) electrons. The van der Waals surface area contributed by atoms with Gasteiger partial charge in [0, 0.05) is 5.69 Å². The number of aryl methyl sites for hydroxylation is 1. The van der Waals surface area contributed by atoms with Crippen LogP contribution in [0, 0.1) is 18.7 Å². The van der Waals surface area contributed by atoms with Crippen molar-refractivity contribution in [2.45, 2.75) is 46.0 Å². The number of hydrogen-bond donors (Lipinski definition) is 1. The second kappa shape index (κ2) is 9.33. The zero-order valence-corrected chi connectivity index (χ0v) is 17.2. The fourth-order valence-corrected chi connectivity index (χ4v) is 4.07. The zero-order chi connectivity index (χ0) is 20.1. The number of benzene rings is 2. The van der Waals surface area contributed by atoms with Crippen LogP contribution in [0.3, 0.4) is 0 Å². The van der Waals surface area contributed by atoms with Crippen molar-refractivity contribution in [1.82, 2.24) is 4.90 Å². The number of amides is 1. The van der Waals surface area contributed by atoms with Gasteiger partial charge >= 0.3 is 0 Å². The number of hydrogen-bond acceptors (Lipinski definition) is 2. The van der Waals surface area contributed by atoms with Crippen molar-refractivity contribution < 1.29 is 9.18 Å². The van der Waals surface area contributed by atoms with Crippen molar-refractivity contribution in [3.63, 3.8) is 0 Å². The fraction of sp³-hybridized carbons (Fsp3) is 0.458. The lowest BCUT2D eigenvalue weighted by Crippen LogP contribution is -2.39. The SMILES string of the molecule is Cc1cccc(C(C)C)c1NC(=O)CN1CCC(Cc2cccc(F)c2)CC1. The van der Waals surface area contributed by atoms with Crippen LogP contribution in [0.1, 0.15) is 49.3 Å². The summed E-state index contributed by atoms with van der Waals surface area (Å²) in [5, 5.41) is 3.14. The van der Waals surface area contributed by atoms with Crippen LogP contribution in [0.15, 0.2) is 42.5 Å². The van der Waals surface area contributed by atoms with E-state index in [1.165, 1.54) is 11.6 Å². The minimum absolute atomic E-state index is 0.0554. The van der Waals surface area contributed by atoms with E-state index in [0.717, 1.165) is 49.2 Å². The molecule has 28 heavy (non-hydrogen) atoms. The first-order valence-corrected chi connectivity index (χ1v) is 10.3. The van der Waals surface area contributed by atoms with Gasteiger partial charge in [-0.3, -0.25) is 9.69 Å². The lowest BCUT2D eigenvalue weighted by molar-refractivity contribution is -0.117. The van der Waals surface area contributed by atoms with Gasteiger partial charge in [-0.15, -0.1) is 0 Å². The summed E-state index contributed by atoms with van der Waals surface area (Å²) in [4.78, 5) is 14.9. The molecule has 1 fully saturated rings. The third kappa shape index (κ3) is 5.41. The maximum atomic E-state index is 13.4. The van der Waals surface area contributed by atoms with E-state index in [0.29, 0.717) is 18.4 Å². The minimum atomic E-state index is -0.163. The molecule has 0 atom stereocenters. The molecule has 0 bridgehead atoms. The lowest BCUT2D eigenvalue weighted by Gasteiger charge is -2.31. The average Bonchev–Trinajstić information content (AvgIpc) is 2.65. The second-order valence-corrected chi connectivity index (χ2v) is 8.30. The Balaban J connectivity index is 1.50. The molecule has 150 valence electrons. The zero-order valence-electron chi connectivity index (χ0n) is 17.2. The number of rotatable bonds is 6. The van der Waals surface area contributed by atoms with E-state index in [-0.39, 0.29) is 11.7 Å². The normalized spacial score (nSPS) is 15.8. The van der Waals surface area contributed by atoms with Crippen molar-refractivity contribution in [1.29, 1.82) is 0 Å². The number of carbonyl (C=O) groups is 1. The van der Waals surface area contributed by atoms with Crippen LogP contribution in [-0.2, 0) is 11.2 Å². The number of piperidine rings is 1. The first-order chi connectivity index (χ1) is 13.4. The van der Waals surface area contributed by atoms with Crippen molar-refractivity contribution >= 4 is 11.6 Å². The first-order valence-electron chi connectivity index (χ1n) is 10.3. The summed E-state index contributed by atoms with van der Waals surface area (Å²) in [5.41, 5.74) is 4.32. The highest BCUT2D eigenvalue weighted by Gasteiger charge is 2.22. The molecule has 0 aliphatic carbocycles. The molecule has 1 aliphatic rings. The first kappa shape index (κ1) is 20.5. The third-order valence-corrected chi connectivity index (χ3v) is 5.68. The van der Waals surface area contributed by atoms with Gasteiger partial charge in [0.15, 0.2) is 0 Å². The Labute approximate surface area is 167 Å². The van der Waals surface area contributed by atoms with Gasteiger partial charge in [-0.05, 0) is 79.9 Å². The summed E-state index contributed by atoms with van der Waals surface area (Å²) in [6, 6.07) is 13.1. The standard InChI is InChI=1S/C24H31FN2O/c1-17(2)22-9-4-6-18(3)24(22)26-23(28)16-27-12-10-19(11-13-27)14-20-7-5-8-21(25)15-20/h4-9,15,17,19H,10-14,16H2,1-3H3,(H,26,28). The van der Waals surface area contributed by atoms with Gasteiger partial charge in [0.05, 0.1) is 6.54 Å². The average molecular weight is 383 g/mol. The van der Waals surface area contributed by atoms with E-state index in [2.05, 4.69) is 30.1 Å². The summed E-state index contributed by atoms with van der Waals surface area (Å²) < 4.78 is 13.4. The number of anilines is 1. The highest BCUT2D eigenvalue weighted by atomic mass is 19.1. The minimum Gasteiger partial charge on any atom is -0.324 e. The van der Waals surface area contributed by atoms with Crippen LogP contribution < -0.4 is 5.32 Å². The molecule has 0 saturated carbocycles. The quantitative estimate of drug-likeness (QED) is 0.749. The van der Waals surface area contributed by atoms with E-state index in [1.54, 1.807) is 12.1 Å². The van der Waals surface area contributed by atoms with Crippen molar-refractivity contribution in [2.75, 3.05) is 25.0 Å². The molecule has 2 aromatic rings. The second-order valence-electron chi connectivity index (χ2n) is 8.30. The third-order valence-electron chi connectivity index (χ3n) is 5.68. The van der Waals surface area contributed by atoms with Gasteiger partial charge in [0.1, 0.15) is 5.82 Å². The Bertz CT molecular complexity index is 810. The number of nitrogens with one attached hydrogen (secondary N) is 1. The molecular formula is C24H31FN2O. The Morgan fingerprint density at radius 3 is 2.57 bits per heavy atom. The lowest BCUT2D eigenvalue weighted by atomic mass is 9.90. The molecule has 2 aromatic carbocycles. The molecule has 3 nitrogen and oxygen atoms in total. The predicted molar refractivity (Wildman–Crippen MR) is 113 cm³/mol. The van der Waals surface area contributed by atoms with Crippen molar-refractivity contribution in [2.24, 2.45) is 5.92 Å². The Morgan fingerprint density at radius 2 is 1.89 bits per heavy atom. The topological polar surface area (TPSA) is 32.3 Å². The van der Waals surface area contributed by atoms with Gasteiger partial charge in [0.2, 0.25) is 5.91 Å². The summed E-state index contributed by atoms with van der Waals surface area (Å²) in [7, 11) is 0. The number of carbonyl (C=O) groups excluding carboxylic acids is 1. The summed E-state index contributed by atoms with van der Waals surface area (Å²) >= 11 is 0. The maximum Gasteiger partial charge on any atom is 0.238 e. The molecule has 0 aromatic heterocycles. The van der Waals surface area contributed by atoms with Gasteiger partial charge in [-0.1, -0.05) is 44.2 Å². The largest absolute Gasteiger partial charge is 0.324 e. The van der Waals surface area contributed by atoms with Gasteiger partial charge in [-0.2, -0.15) is 0 Å². The maximum absolute atomic E-state index is 13.4. The van der Waals surface area contributed by atoms with Crippen LogP contribution in [0.4, 0.5) is 10.1 Å². The molecule has 1 saturated heterocycles. The summed E-state index contributed by atoms with van der Waals surface area (Å²) in [5.74, 6) is 0.821. The van der Waals surface area contributed by atoms with Crippen LogP contribution >= 0.6 is 0 Å². The highest BCUT2D eigenvalue weighted by Crippen LogP contribution is 2.27. The van der Waals surface area contributed by atoms with Gasteiger partial charge in [0.25, 0.3) is 0 Å².